The fraction of sp³-hybridized carbons (Fsp3) is 0.417. The first-order valence-corrected chi connectivity index (χ1v) is 5.11. The number of hydrogen-bond acceptors (Lipinski definition) is 3. The lowest BCUT2D eigenvalue weighted by molar-refractivity contribution is 0.278. The Morgan fingerprint density at radius 2 is 2.20 bits per heavy atom. The van der Waals surface area contributed by atoms with Gasteiger partial charge in [-0.05, 0) is 18.6 Å². The van der Waals surface area contributed by atoms with E-state index >= 15 is 0 Å². The van der Waals surface area contributed by atoms with Crippen molar-refractivity contribution in [1.29, 1.82) is 0 Å². The van der Waals surface area contributed by atoms with Gasteiger partial charge in [0.2, 0.25) is 0 Å². The largest absolute Gasteiger partial charge is 0.496 e. The van der Waals surface area contributed by atoms with Crippen molar-refractivity contribution in [1.82, 2.24) is 4.98 Å². The summed E-state index contributed by atoms with van der Waals surface area (Å²) in [5.41, 5.74) is 3.02. The molecule has 0 fully saturated rings. The minimum atomic E-state index is 0.314. The molecule has 1 aliphatic heterocycles. The van der Waals surface area contributed by atoms with Crippen LogP contribution in [-0.4, -0.2) is 11.6 Å². The van der Waals surface area contributed by atoms with Gasteiger partial charge in [0.1, 0.15) is 18.6 Å². The first kappa shape index (κ1) is 10.0. The molecule has 2 rings (SSSR count). The van der Waals surface area contributed by atoms with Crippen LogP contribution in [0.4, 0.5) is 0 Å². The summed E-state index contributed by atoms with van der Waals surface area (Å²) < 4.78 is 10.7. The maximum Gasteiger partial charge on any atom is 0.197 e. The lowest BCUT2D eigenvalue weighted by atomic mass is 10.1. The second kappa shape index (κ2) is 3.93. The molecule has 0 aromatic carbocycles. The standard InChI is InChI=1S/C12H15NO2/c1-8(2)12-13-11(7-15-12)10-4-9(3)5-14-6-10/h4,6-8H,5H2,1-3H3. The molecule has 1 aliphatic rings. The van der Waals surface area contributed by atoms with Crippen molar-refractivity contribution in [3.8, 4) is 0 Å². The Morgan fingerprint density at radius 1 is 1.40 bits per heavy atom. The molecule has 0 atom stereocenters. The van der Waals surface area contributed by atoms with Crippen molar-refractivity contribution in [2.45, 2.75) is 26.7 Å². The zero-order valence-electron chi connectivity index (χ0n) is 9.28. The quantitative estimate of drug-likeness (QED) is 0.744. The fourth-order valence-electron chi connectivity index (χ4n) is 1.42. The highest BCUT2D eigenvalue weighted by Gasteiger charge is 2.12. The molecule has 1 aromatic heterocycles. The molecule has 1 aromatic rings. The lowest BCUT2D eigenvalue weighted by Crippen LogP contribution is -1.98. The zero-order valence-corrected chi connectivity index (χ0v) is 9.28. The minimum absolute atomic E-state index is 0.314. The zero-order chi connectivity index (χ0) is 10.8. The number of rotatable bonds is 2. The lowest BCUT2D eigenvalue weighted by Gasteiger charge is -2.09. The molecule has 15 heavy (non-hydrogen) atoms. The van der Waals surface area contributed by atoms with E-state index in [4.69, 9.17) is 9.15 Å². The number of nitrogens with zero attached hydrogens (tertiary/aromatic N) is 1. The summed E-state index contributed by atoms with van der Waals surface area (Å²) in [7, 11) is 0. The Labute approximate surface area is 89.5 Å². The van der Waals surface area contributed by atoms with Gasteiger partial charge < -0.3 is 9.15 Å². The van der Waals surface area contributed by atoms with Crippen LogP contribution in [0.1, 0.15) is 38.3 Å². The third kappa shape index (κ3) is 2.12. The van der Waals surface area contributed by atoms with Gasteiger partial charge in [-0.25, -0.2) is 4.98 Å². The van der Waals surface area contributed by atoms with Crippen LogP contribution in [0.15, 0.2) is 28.6 Å². The Kier molecular flexibility index (Phi) is 2.62. The van der Waals surface area contributed by atoms with Gasteiger partial charge in [0.05, 0.1) is 6.26 Å². The molecule has 0 radical (unpaired) electrons. The maximum absolute atomic E-state index is 5.38. The molecule has 0 aliphatic carbocycles. The maximum atomic E-state index is 5.38. The van der Waals surface area contributed by atoms with E-state index in [0.29, 0.717) is 12.5 Å². The molecule has 2 heterocycles. The molecule has 0 amide bonds. The molecule has 3 heteroatoms. The highest BCUT2D eigenvalue weighted by molar-refractivity contribution is 5.71. The molecule has 0 saturated heterocycles. The van der Waals surface area contributed by atoms with Gasteiger partial charge in [-0.1, -0.05) is 13.8 Å². The van der Waals surface area contributed by atoms with Crippen molar-refractivity contribution >= 4 is 5.57 Å². The number of aromatic nitrogens is 1. The van der Waals surface area contributed by atoms with E-state index < -0.39 is 0 Å². The summed E-state index contributed by atoms with van der Waals surface area (Å²) in [5, 5.41) is 0. The second-order valence-corrected chi connectivity index (χ2v) is 4.10. The van der Waals surface area contributed by atoms with Crippen molar-refractivity contribution in [3.05, 3.63) is 35.8 Å². The van der Waals surface area contributed by atoms with Crippen LogP contribution >= 0.6 is 0 Å². The Hall–Kier alpha value is -1.51. The highest BCUT2D eigenvalue weighted by Crippen LogP contribution is 2.23. The van der Waals surface area contributed by atoms with E-state index in [1.165, 1.54) is 5.57 Å². The molecular weight excluding hydrogens is 190 g/mol. The average molecular weight is 205 g/mol. The number of hydrogen-bond donors (Lipinski definition) is 0. The van der Waals surface area contributed by atoms with Crippen LogP contribution in [0.2, 0.25) is 0 Å². The van der Waals surface area contributed by atoms with Crippen LogP contribution in [-0.2, 0) is 4.74 Å². The normalized spacial score (nSPS) is 16.0. The van der Waals surface area contributed by atoms with Crippen LogP contribution in [0.3, 0.4) is 0 Å². The van der Waals surface area contributed by atoms with E-state index in [1.54, 1.807) is 12.5 Å². The van der Waals surface area contributed by atoms with E-state index in [2.05, 4.69) is 24.9 Å². The monoisotopic (exact) mass is 205 g/mol. The van der Waals surface area contributed by atoms with Crippen molar-refractivity contribution < 1.29 is 9.15 Å². The summed E-state index contributed by atoms with van der Waals surface area (Å²) in [4.78, 5) is 4.41. The van der Waals surface area contributed by atoms with Crippen molar-refractivity contribution in [2.24, 2.45) is 0 Å². The fourth-order valence-corrected chi connectivity index (χ4v) is 1.42. The summed E-state index contributed by atoms with van der Waals surface area (Å²) in [6.45, 7) is 6.82. The van der Waals surface area contributed by atoms with E-state index in [-0.39, 0.29) is 0 Å². The van der Waals surface area contributed by atoms with Gasteiger partial charge in [0, 0.05) is 11.5 Å². The smallest absolute Gasteiger partial charge is 0.197 e. The molecule has 80 valence electrons. The van der Waals surface area contributed by atoms with Crippen LogP contribution < -0.4 is 0 Å². The molecule has 0 spiro atoms. The summed E-state index contributed by atoms with van der Waals surface area (Å²) in [6, 6.07) is 0. The van der Waals surface area contributed by atoms with Crippen LogP contribution in [0.5, 0.6) is 0 Å². The van der Waals surface area contributed by atoms with Gasteiger partial charge in [-0.15, -0.1) is 0 Å². The average Bonchev–Trinajstić information content (AvgIpc) is 2.66. The van der Waals surface area contributed by atoms with Gasteiger partial charge in [-0.2, -0.15) is 0 Å². The van der Waals surface area contributed by atoms with Gasteiger partial charge >= 0.3 is 0 Å². The first-order chi connectivity index (χ1) is 7.16. The number of ether oxygens (including phenoxy) is 1. The van der Waals surface area contributed by atoms with E-state index in [0.717, 1.165) is 17.2 Å². The molecule has 0 bridgehead atoms. The molecule has 0 N–H and O–H groups in total. The SMILES string of the molecule is CC1=CC(c2coc(C(C)C)n2)=COC1. The molecule has 0 saturated carbocycles. The summed E-state index contributed by atoms with van der Waals surface area (Å²) >= 11 is 0. The Morgan fingerprint density at radius 3 is 2.80 bits per heavy atom. The van der Waals surface area contributed by atoms with Crippen LogP contribution in [0.25, 0.3) is 5.57 Å². The van der Waals surface area contributed by atoms with Crippen molar-refractivity contribution in [2.75, 3.05) is 6.61 Å². The third-order valence-corrected chi connectivity index (χ3v) is 2.23. The first-order valence-electron chi connectivity index (χ1n) is 5.11. The summed E-state index contributed by atoms with van der Waals surface area (Å²) in [5.74, 6) is 1.08. The van der Waals surface area contributed by atoms with E-state index in [9.17, 15) is 0 Å². The predicted octanol–water partition coefficient (Wildman–Crippen LogP) is 3.12. The highest BCUT2D eigenvalue weighted by atomic mass is 16.5. The topological polar surface area (TPSA) is 35.3 Å². The second-order valence-electron chi connectivity index (χ2n) is 4.10. The predicted molar refractivity (Wildman–Crippen MR) is 58.3 cm³/mol. The van der Waals surface area contributed by atoms with Gasteiger partial charge in [0.15, 0.2) is 5.89 Å². The van der Waals surface area contributed by atoms with Crippen LogP contribution in [0, 0.1) is 0 Å². The minimum Gasteiger partial charge on any atom is -0.496 e. The molecular formula is C12H15NO2. The van der Waals surface area contributed by atoms with Crippen molar-refractivity contribution in [3.63, 3.8) is 0 Å². The Bertz CT molecular complexity index is 413. The van der Waals surface area contributed by atoms with Gasteiger partial charge in [-0.3, -0.25) is 0 Å². The third-order valence-electron chi connectivity index (χ3n) is 2.23. The molecule has 0 unspecified atom stereocenters. The van der Waals surface area contributed by atoms with Gasteiger partial charge in [0.25, 0.3) is 0 Å². The van der Waals surface area contributed by atoms with E-state index in [1.807, 2.05) is 6.92 Å². The summed E-state index contributed by atoms with van der Waals surface area (Å²) in [6.07, 6.45) is 5.49. The number of oxazole rings is 1. The number of allylic oxidation sites excluding steroid dienone is 2. The Balaban J connectivity index is 2.26. The molecule has 3 nitrogen and oxygen atoms in total.